The number of benzene rings is 2. The van der Waals surface area contributed by atoms with E-state index in [4.69, 9.17) is 16.3 Å². The summed E-state index contributed by atoms with van der Waals surface area (Å²) in [6, 6.07) is 15.3. The number of halogens is 2. The van der Waals surface area contributed by atoms with Gasteiger partial charge in [-0.1, -0.05) is 41.9 Å². The molecule has 3 nitrogen and oxygen atoms in total. The van der Waals surface area contributed by atoms with E-state index in [0.717, 1.165) is 24.3 Å². The Labute approximate surface area is 149 Å². The predicted octanol–water partition coefficient (Wildman–Crippen LogP) is 4.02. The maximum absolute atomic E-state index is 10.4. The number of hydrogen-bond donors (Lipinski definition) is 2. The van der Waals surface area contributed by atoms with E-state index in [0.29, 0.717) is 5.02 Å². The maximum atomic E-state index is 10.4. The highest BCUT2D eigenvalue weighted by Gasteiger charge is 2.17. The van der Waals surface area contributed by atoms with Gasteiger partial charge in [0, 0.05) is 16.6 Å². The molecule has 0 spiro atoms. The van der Waals surface area contributed by atoms with Crippen LogP contribution in [0.15, 0.2) is 48.5 Å². The van der Waals surface area contributed by atoms with Crippen LogP contribution in [0.1, 0.15) is 24.2 Å². The van der Waals surface area contributed by atoms with Gasteiger partial charge in [-0.05, 0) is 43.7 Å². The number of ether oxygens (including phenoxy) is 1. The van der Waals surface area contributed by atoms with Gasteiger partial charge in [-0.3, -0.25) is 0 Å². The Morgan fingerprint density at radius 3 is 2.39 bits per heavy atom. The monoisotopic (exact) mass is 355 g/mol. The predicted molar refractivity (Wildman–Crippen MR) is 97.8 cm³/mol. The van der Waals surface area contributed by atoms with Crippen LogP contribution in [0.4, 0.5) is 0 Å². The summed E-state index contributed by atoms with van der Waals surface area (Å²) in [5, 5.41) is 14.3. The minimum Gasteiger partial charge on any atom is -0.497 e. The van der Waals surface area contributed by atoms with Gasteiger partial charge in [0.05, 0.1) is 13.2 Å². The second-order valence-corrected chi connectivity index (χ2v) is 5.71. The highest BCUT2D eigenvalue weighted by molar-refractivity contribution is 6.31. The van der Waals surface area contributed by atoms with Crippen molar-refractivity contribution in [2.45, 2.75) is 25.5 Å². The SMILES string of the molecule is COc1ccc(CCNC(C)C(O)c2ccccc2Cl)cc1.Cl. The first-order valence-electron chi connectivity index (χ1n) is 7.40. The van der Waals surface area contributed by atoms with Crippen molar-refractivity contribution in [2.24, 2.45) is 0 Å². The molecule has 0 saturated carbocycles. The zero-order valence-corrected chi connectivity index (χ0v) is 14.9. The quantitative estimate of drug-likeness (QED) is 0.787. The summed E-state index contributed by atoms with van der Waals surface area (Å²) >= 11 is 6.12. The maximum Gasteiger partial charge on any atom is 0.118 e. The largest absolute Gasteiger partial charge is 0.497 e. The van der Waals surface area contributed by atoms with Crippen molar-refractivity contribution in [1.29, 1.82) is 0 Å². The lowest BCUT2D eigenvalue weighted by atomic mass is 10.0. The lowest BCUT2D eigenvalue weighted by Gasteiger charge is -2.21. The zero-order chi connectivity index (χ0) is 15.9. The number of hydrogen-bond acceptors (Lipinski definition) is 3. The van der Waals surface area contributed by atoms with E-state index in [-0.39, 0.29) is 18.4 Å². The first-order valence-corrected chi connectivity index (χ1v) is 7.78. The van der Waals surface area contributed by atoms with Crippen LogP contribution in [0.25, 0.3) is 0 Å². The van der Waals surface area contributed by atoms with E-state index in [9.17, 15) is 5.11 Å². The van der Waals surface area contributed by atoms with E-state index in [2.05, 4.69) is 17.4 Å². The summed E-state index contributed by atoms with van der Waals surface area (Å²) < 4.78 is 5.14. The van der Waals surface area contributed by atoms with E-state index in [1.807, 2.05) is 37.3 Å². The minimum absolute atomic E-state index is 0. The topological polar surface area (TPSA) is 41.5 Å². The number of aliphatic hydroxyl groups is 1. The van der Waals surface area contributed by atoms with Crippen LogP contribution >= 0.6 is 24.0 Å². The Bertz CT molecular complexity index is 590. The van der Waals surface area contributed by atoms with Crippen molar-refractivity contribution < 1.29 is 9.84 Å². The molecule has 0 saturated heterocycles. The summed E-state index contributed by atoms with van der Waals surface area (Å²) in [7, 11) is 1.66. The van der Waals surface area contributed by atoms with E-state index < -0.39 is 6.10 Å². The first-order chi connectivity index (χ1) is 10.6. The second kappa shape index (κ2) is 9.78. The van der Waals surface area contributed by atoms with Gasteiger partial charge in [0.1, 0.15) is 5.75 Å². The van der Waals surface area contributed by atoms with Crippen molar-refractivity contribution >= 4 is 24.0 Å². The lowest BCUT2D eigenvalue weighted by Crippen LogP contribution is -2.33. The molecule has 0 heterocycles. The number of methoxy groups -OCH3 is 1. The molecule has 0 aromatic heterocycles. The van der Waals surface area contributed by atoms with Crippen molar-refractivity contribution in [3.63, 3.8) is 0 Å². The summed E-state index contributed by atoms with van der Waals surface area (Å²) in [5.74, 6) is 0.860. The molecule has 0 aliphatic rings. The Kier molecular flexibility index (Phi) is 8.42. The van der Waals surface area contributed by atoms with Crippen LogP contribution in [-0.2, 0) is 6.42 Å². The van der Waals surface area contributed by atoms with E-state index in [1.54, 1.807) is 13.2 Å². The summed E-state index contributed by atoms with van der Waals surface area (Å²) in [6.07, 6.45) is 0.272. The van der Waals surface area contributed by atoms with Crippen LogP contribution in [0.3, 0.4) is 0 Å². The standard InChI is InChI=1S/C18H22ClNO2.ClH/c1-13(18(21)16-5-3-4-6-17(16)19)20-12-11-14-7-9-15(22-2)10-8-14;/h3-10,13,18,20-21H,11-12H2,1-2H3;1H. The van der Waals surface area contributed by atoms with Crippen molar-refractivity contribution in [2.75, 3.05) is 13.7 Å². The van der Waals surface area contributed by atoms with Gasteiger partial charge in [0.25, 0.3) is 0 Å². The molecule has 0 radical (unpaired) electrons. The van der Waals surface area contributed by atoms with Crippen molar-refractivity contribution in [3.05, 3.63) is 64.7 Å². The van der Waals surface area contributed by atoms with E-state index in [1.165, 1.54) is 5.56 Å². The molecule has 0 aliphatic heterocycles. The summed E-state index contributed by atoms with van der Waals surface area (Å²) in [4.78, 5) is 0. The van der Waals surface area contributed by atoms with Gasteiger partial charge in [0.15, 0.2) is 0 Å². The Morgan fingerprint density at radius 1 is 1.13 bits per heavy atom. The van der Waals surface area contributed by atoms with Crippen LogP contribution in [0.2, 0.25) is 5.02 Å². The molecular weight excluding hydrogens is 333 g/mol. The molecule has 0 aliphatic carbocycles. The highest BCUT2D eigenvalue weighted by atomic mass is 35.5. The molecule has 5 heteroatoms. The Balaban J connectivity index is 0.00000264. The molecule has 2 N–H and O–H groups in total. The fraction of sp³-hybridized carbons (Fsp3) is 0.333. The average Bonchev–Trinajstić information content (AvgIpc) is 2.55. The molecule has 2 atom stereocenters. The fourth-order valence-corrected chi connectivity index (χ4v) is 2.58. The number of aliphatic hydroxyl groups excluding tert-OH is 1. The average molecular weight is 356 g/mol. The lowest BCUT2D eigenvalue weighted by molar-refractivity contribution is 0.136. The first kappa shape index (κ1) is 19.8. The van der Waals surface area contributed by atoms with Crippen LogP contribution in [0, 0.1) is 0 Å². The van der Waals surface area contributed by atoms with Gasteiger partial charge in [-0.15, -0.1) is 12.4 Å². The molecule has 0 fully saturated rings. The molecular formula is C18H23Cl2NO2. The molecule has 2 aromatic carbocycles. The third-order valence-electron chi connectivity index (χ3n) is 3.74. The van der Waals surface area contributed by atoms with Gasteiger partial charge in [0.2, 0.25) is 0 Å². The molecule has 23 heavy (non-hydrogen) atoms. The summed E-state index contributed by atoms with van der Waals surface area (Å²) in [6.45, 7) is 2.75. The molecule has 2 unspecified atom stereocenters. The minimum atomic E-state index is -0.621. The molecule has 2 rings (SSSR count). The fourth-order valence-electron chi connectivity index (χ4n) is 2.33. The zero-order valence-electron chi connectivity index (χ0n) is 13.3. The third-order valence-corrected chi connectivity index (χ3v) is 4.08. The number of nitrogens with one attached hydrogen (secondary N) is 1. The van der Waals surface area contributed by atoms with Gasteiger partial charge >= 0.3 is 0 Å². The Morgan fingerprint density at radius 2 is 1.78 bits per heavy atom. The highest BCUT2D eigenvalue weighted by Crippen LogP contribution is 2.24. The van der Waals surface area contributed by atoms with E-state index >= 15 is 0 Å². The second-order valence-electron chi connectivity index (χ2n) is 5.31. The molecule has 0 amide bonds. The van der Waals surface area contributed by atoms with Crippen molar-refractivity contribution in [3.8, 4) is 5.75 Å². The third kappa shape index (κ3) is 5.70. The van der Waals surface area contributed by atoms with Gasteiger partial charge in [-0.2, -0.15) is 0 Å². The number of rotatable bonds is 7. The van der Waals surface area contributed by atoms with Crippen LogP contribution < -0.4 is 10.1 Å². The normalized spacial score (nSPS) is 13.0. The smallest absolute Gasteiger partial charge is 0.118 e. The molecule has 126 valence electrons. The van der Waals surface area contributed by atoms with Crippen LogP contribution in [0.5, 0.6) is 5.75 Å². The summed E-state index contributed by atoms with van der Waals surface area (Å²) in [5.41, 5.74) is 1.99. The molecule has 0 bridgehead atoms. The Hall–Kier alpha value is -1.26. The van der Waals surface area contributed by atoms with Crippen molar-refractivity contribution in [1.82, 2.24) is 5.32 Å². The molecule has 2 aromatic rings. The van der Waals surface area contributed by atoms with Gasteiger partial charge < -0.3 is 15.2 Å². The van der Waals surface area contributed by atoms with Crippen LogP contribution in [-0.4, -0.2) is 24.8 Å². The van der Waals surface area contributed by atoms with Gasteiger partial charge in [-0.25, -0.2) is 0 Å².